The predicted molar refractivity (Wildman–Crippen MR) is 113 cm³/mol. The maximum atomic E-state index is 12.9. The molecule has 0 heterocycles. The van der Waals surface area contributed by atoms with Crippen molar-refractivity contribution in [1.29, 1.82) is 0 Å². The van der Waals surface area contributed by atoms with Gasteiger partial charge in [0.15, 0.2) is 0 Å². The number of anilines is 1. The Hall–Kier alpha value is -2.29. The van der Waals surface area contributed by atoms with Gasteiger partial charge in [0.05, 0.1) is 17.7 Å². The van der Waals surface area contributed by atoms with E-state index in [-0.39, 0.29) is 23.2 Å². The smallest absolute Gasteiger partial charge is 0.264 e. The molecule has 0 aliphatic carbocycles. The molecule has 0 bridgehead atoms. The monoisotopic (exact) mass is 427 g/mol. The number of halogens is 1. The molecule has 0 aliphatic heterocycles. The van der Waals surface area contributed by atoms with Gasteiger partial charge in [-0.15, -0.1) is 12.4 Å². The lowest BCUT2D eigenvalue weighted by Crippen LogP contribution is -2.45. The van der Waals surface area contributed by atoms with Crippen molar-refractivity contribution in [2.24, 2.45) is 5.73 Å². The molecule has 0 spiro atoms. The number of carbonyl (C=O) groups excluding carboxylic acids is 1. The Bertz CT molecular complexity index is 910. The zero-order valence-electron chi connectivity index (χ0n) is 16.3. The molecule has 9 heteroatoms. The Labute approximate surface area is 172 Å². The number of methoxy groups -OCH3 is 1. The van der Waals surface area contributed by atoms with Gasteiger partial charge in [0, 0.05) is 24.7 Å². The molecular formula is C19H26ClN3O4S. The van der Waals surface area contributed by atoms with Gasteiger partial charge in [-0.3, -0.25) is 9.10 Å². The minimum Gasteiger partial charge on any atom is -0.495 e. The second kappa shape index (κ2) is 9.27. The quantitative estimate of drug-likeness (QED) is 0.706. The zero-order chi connectivity index (χ0) is 20.2. The van der Waals surface area contributed by atoms with Gasteiger partial charge in [-0.2, -0.15) is 0 Å². The zero-order valence-corrected chi connectivity index (χ0v) is 17.9. The fraction of sp³-hybridized carbons (Fsp3) is 0.316. The Morgan fingerprint density at radius 3 is 2.25 bits per heavy atom. The van der Waals surface area contributed by atoms with Crippen molar-refractivity contribution in [2.75, 3.05) is 25.0 Å². The number of hydrogen-bond donors (Lipinski definition) is 2. The van der Waals surface area contributed by atoms with E-state index in [0.717, 1.165) is 4.31 Å². The third-order valence-corrected chi connectivity index (χ3v) is 5.69. The van der Waals surface area contributed by atoms with Crippen LogP contribution in [-0.2, 0) is 10.0 Å². The maximum Gasteiger partial charge on any atom is 0.264 e. The maximum absolute atomic E-state index is 12.9. The summed E-state index contributed by atoms with van der Waals surface area (Å²) in [5.41, 5.74) is 6.10. The molecule has 0 aromatic heterocycles. The molecule has 1 amide bonds. The Kier molecular flexibility index (Phi) is 7.86. The van der Waals surface area contributed by atoms with Crippen LogP contribution >= 0.6 is 12.4 Å². The number of hydrogen-bond acceptors (Lipinski definition) is 5. The van der Waals surface area contributed by atoms with Crippen molar-refractivity contribution >= 4 is 34.0 Å². The molecule has 3 N–H and O–H groups in total. The highest BCUT2D eigenvalue weighted by Crippen LogP contribution is 2.30. The highest BCUT2D eigenvalue weighted by molar-refractivity contribution is 7.92. The molecule has 28 heavy (non-hydrogen) atoms. The van der Waals surface area contributed by atoms with E-state index >= 15 is 0 Å². The van der Waals surface area contributed by atoms with Gasteiger partial charge in [0.25, 0.3) is 15.9 Å². The number of nitrogens with zero attached hydrogens (tertiary/aromatic N) is 1. The number of nitrogens with two attached hydrogens (primary N) is 1. The third-order valence-electron chi connectivity index (χ3n) is 3.90. The van der Waals surface area contributed by atoms with Crippen molar-refractivity contribution in [3.8, 4) is 5.75 Å². The molecule has 0 fully saturated rings. The van der Waals surface area contributed by atoms with E-state index in [2.05, 4.69) is 5.32 Å². The molecule has 154 valence electrons. The van der Waals surface area contributed by atoms with Crippen LogP contribution < -0.4 is 20.1 Å². The normalized spacial score (nSPS) is 11.3. The highest BCUT2D eigenvalue weighted by Gasteiger charge is 2.24. The molecule has 0 saturated carbocycles. The Balaban J connectivity index is 0.00000392. The van der Waals surface area contributed by atoms with Gasteiger partial charge in [0.2, 0.25) is 0 Å². The molecule has 0 atom stereocenters. The van der Waals surface area contributed by atoms with Gasteiger partial charge < -0.3 is 15.8 Å². The number of nitrogens with one attached hydrogen (secondary N) is 1. The average molecular weight is 428 g/mol. The van der Waals surface area contributed by atoms with E-state index in [1.165, 1.54) is 38.4 Å². The molecule has 7 nitrogen and oxygen atoms in total. The number of ether oxygens (including phenoxy) is 1. The molecule has 0 unspecified atom stereocenters. The second-order valence-corrected chi connectivity index (χ2v) is 8.81. The van der Waals surface area contributed by atoms with Crippen LogP contribution in [0.25, 0.3) is 0 Å². The minimum atomic E-state index is -3.80. The van der Waals surface area contributed by atoms with E-state index < -0.39 is 15.6 Å². The fourth-order valence-corrected chi connectivity index (χ4v) is 3.57. The average Bonchev–Trinajstić information content (AvgIpc) is 2.64. The summed E-state index contributed by atoms with van der Waals surface area (Å²) >= 11 is 0. The lowest BCUT2D eigenvalue weighted by molar-refractivity contribution is 0.0946. The molecule has 2 aromatic rings. The van der Waals surface area contributed by atoms with Gasteiger partial charge >= 0.3 is 0 Å². The number of para-hydroxylation sites is 2. The summed E-state index contributed by atoms with van der Waals surface area (Å²) in [6.07, 6.45) is 0. The third kappa shape index (κ3) is 5.60. The number of carbonyl (C=O) groups is 1. The van der Waals surface area contributed by atoms with Crippen molar-refractivity contribution in [3.05, 3.63) is 54.1 Å². The van der Waals surface area contributed by atoms with Gasteiger partial charge in [-0.1, -0.05) is 12.1 Å². The van der Waals surface area contributed by atoms with E-state index in [1.54, 1.807) is 38.1 Å². The van der Waals surface area contributed by atoms with Gasteiger partial charge in [-0.25, -0.2) is 8.42 Å². The predicted octanol–water partition coefficient (Wildman–Crippen LogP) is 2.41. The van der Waals surface area contributed by atoms with E-state index in [1.807, 2.05) is 0 Å². The minimum absolute atomic E-state index is 0. The van der Waals surface area contributed by atoms with Crippen molar-refractivity contribution in [1.82, 2.24) is 5.32 Å². The lowest BCUT2D eigenvalue weighted by Gasteiger charge is -2.22. The summed E-state index contributed by atoms with van der Waals surface area (Å²) in [6, 6.07) is 12.6. The number of amides is 1. The topological polar surface area (TPSA) is 102 Å². The Morgan fingerprint density at radius 1 is 1.14 bits per heavy atom. The summed E-state index contributed by atoms with van der Waals surface area (Å²) in [5, 5.41) is 2.72. The molecule has 0 aliphatic rings. The van der Waals surface area contributed by atoms with Crippen molar-refractivity contribution < 1.29 is 17.9 Å². The first-order valence-corrected chi connectivity index (χ1v) is 9.79. The van der Waals surface area contributed by atoms with E-state index in [0.29, 0.717) is 23.5 Å². The van der Waals surface area contributed by atoms with Crippen LogP contribution in [0, 0.1) is 0 Å². The lowest BCUT2D eigenvalue weighted by atomic mass is 10.1. The van der Waals surface area contributed by atoms with E-state index in [9.17, 15) is 13.2 Å². The first kappa shape index (κ1) is 23.7. The van der Waals surface area contributed by atoms with Crippen LogP contribution in [0.5, 0.6) is 5.75 Å². The van der Waals surface area contributed by atoms with Gasteiger partial charge in [-0.05, 0) is 50.2 Å². The molecule has 2 aromatic carbocycles. The van der Waals surface area contributed by atoms with Crippen LogP contribution in [0.2, 0.25) is 0 Å². The second-order valence-electron chi connectivity index (χ2n) is 6.84. The SMILES string of the molecule is COc1ccccc1N(C)S(=O)(=O)c1ccc(C(=O)NCC(C)(C)N)cc1.Cl. The van der Waals surface area contributed by atoms with E-state index in [4.69, 9.17) is 10.5 Å². The first-order valence-electron chi connectivity index (χ1n) is 8.35. The Morgan fingerprint density at radius 2 is 1.71 bits per heavy atom. The first-order chi connectivity index (χ1) is 12.6. The summed E-state index contributed by atoms with van der Waals surface area (Å²) < 4.78 is 32.2. The summed E-state index contributed by atoms with van der Waals surface area (Å²) in [5.74, 6) is 0.138. The standard InChI is InChI=1S/C19H25N3O4S.ClH/c1-19(2,20)13-21-18(23)14-9-11-15(12-10-14)27(24,25)22(3)16-7-5-6-8-17(16)26-4;/h5-12H,13,20H2,1-4H3,(H,21,23);1H. The van der Waals surface area contributed by atoms with Crippen molar-refractivity contribution in [2.45, 2.75) is 24.3 Å². The summed E-state index contributed by atoms with van der Waals surface area (Å²) in [6.45, 7) is 3.91. The molecular weight excluding hydrogens is 402 g/mol. The highest BCUT2D eigenvalue weighted by atomic mass is 35.5. The largest absolute Gasteiger partial charge is 0.495 e. The van der Waals surface area contributed by atoms with Crippen molar-refractivity contribution in [3.63, 3.8) is 0 Å². The number of rotatable bonds is 7. The van der Waals surface area contributed by atoms with Crippen LogP contribution in [0.15, 0.2) is 53.4 Å². The van der Waals surface area contributed by atoms with Gasteiger partial charge in [0.1, 0.15) is 5.75 Å². The van der Waals surface area contributed by atoms with Crippen LogP contribution in [0.3, 0.4) is 0 Å². The molecule has 0 radical (unpaired) electrons. The fourth-order valence-electron chi connectivity index (χ4n) is 2.37. The summed E-state index contributed by atoms with van der Waals surface area (Å²) in [7, 11) is -0.864. The number of sulfonamides is 1. The summed E-state index contributed by atoms with van der Waals surface area (Å²) in [4.78, 5) is 12.2. The van der Waals surface area contributed by atoms with Crippen LogP contribution in [-0.4, -0.2) is 40.6 Å². The molecule has 0 saturated heterocycles. The molecule has 2 rings (SSSR count). The number of benzene rings is 2. The van der Waals surface area contributed by atoms with Crippen LogP contribution in [0.1, 0.15) is 24.2 Å². The van der Waals surface area contributed by atoms with Crippen LogP contribution in [0.4, 0.5) is 5.69 Å².